The van der Waals surface area contributed by atoms with Crippen molar-refractivity contribution in [2.75, 3.05) is 23.7 Å². The lowest BCUT2D eigenvalue weighted by molar-refractivity contribution is -0.141. The maximum absolute atomic E-state index is 11.2. The van der Waals surface area contributed by atoms with Crippen molar-refractivity contribution in [1.82, 2.24) is 9.78 Å². The van der Waals surface area contributed by atoms with E-state index in [9.17, 15) is 10.1 Å². The van der Waals surface area contributed by atoms with Crippen molar-refractivity contribution >= 4 is 17.6 Å². The molecule has 7 heteroatoms. The van der Waals surface area contributed by atoms with Crippen LogP contribution in [-0.4, -0.2) is 33.9 Å². The lowest BCUT2D eigenvalue weighted by Gasteiger charge is -2.30. The Labute approximate surface area is 123 Å². The molecule has 7 nitrogen and oxygen atoms in total. The number of nitriles is 1. The van der Waals surface area contributed by atoms with E-state index < -0.39 is 11.9 Å². The quantitative estimate of drug-likeness (QED) is 0.865. The van der Waals surface area contributed by atoms with Gasteiger partial charge in [0.15, 0.2) is 5.82 Å². The summed E-state index contributed by atoms with van der Waals surface area (Å²) in [6, 6.07) is 2.10. The summed E-state index contributed by atoms with van der Waals surface area (Å²) < 4.78 is 1.64. The predicted octanol–water partition coefficient (Wildman–Crippen LogP) is 1.29. The summed E-state index contributed by atoms with van der Waals surface area (Å²) in [5, 5.41) is 22.9. The molecule has 1 atom stereocenters. The molecule has 114 valence electrons. The monoisotopic (exact) mass is 291 g/mol. The number of carboxylic acid groups (broad SMARTS) is 1. The molecule has 0 spiro atoms. The first-order valence-electron chi connectivity index (χ1n) is 7.18. The van der Waals surface area contributed by atoms with Crippen LogP contribution in [0.2, 0.25) is 0 Å². The smallest absolute Gasteiger partial charge is 0.308 e. The van der Waals surface area contributed by atoms with Crippen LogP contribution in [0.3, 0.4) is 0 Å². The third kappa shape index (κ3) is 3.10. The van der Waals surface area contributed by atoms with Crippen LogP contribution in [0, 0.1) is 23.2 Å². The number of nitrogen functional groups attached to an aromatic ring is 1. The molecule has 0 amide bonds. The van der Waals surface area contributed by atoms with E-state index in [0.29, 0.717) is 49.2 Å². The minimum atomic E-state index is -0.798. The molecule has 1 aromatic heterocycles. The summed E-state index contributed by atoms with van der Waals surface area (Å²) in [6.45, 7) is 5.82. The highest BCUT2D eigenvalue weighted by Crippen LogP contribution is 2.29. The minimum Gasteiger partial charge on any atom is -0.481 e. The third-order valence-corrected chi connectivity index (χ3v) is 3.69. The van der Waals surface area contributed by atoms with Crippen LogP contribution in [0.1, 0.15) is 32.3 Å². The molecule has 0 aliphatic carbocycles. The Balaban J connectivity index is 2.30. The Bertz CT molecular complexity index is 573. The van der Waals surface area contributed by atoms with Gasteiger partial charge in [-0.1, -0.05) is 13.8 Å². The number of rotatable bonds is 4. The Morgan fingerprint density at radius 2 is 2.33 bits per heavy atom. The second-order valence-electron chi connectivity index (χ2n) is 5.90. The van der Waals surface area contributed by atoms with Crippen molar-refractivity contribution in [2.24, 2.45) is 11.8 Å². The molecule has 1 aromatic rings. The summed E-state index contributed by atoms with van der Waals surface area (Å²) in [7, 11) is 0. The summed E-state index contributed by atoms with van der Waals surface area (Å²) >= 11 is 0. The van der Waals surface area contributed by atoms with Gasteiger partial charge in [0, 0.05) is 19.6 Å². The molecule has 0 radical (unpaired) electrons. The molecule has 2 rings (SSSR count). The van der Waals surface area contributed by atoms with E-state index in [1.807, 2.05) is 18.7 Å². The van der Waals surface area contributed by atoms with Crippen molar-refractivity contribution in [3.63, 3.8) is 0 Å². The van der Waals surface area contributed by atoms with Gasteiger partial charge in [0.1, 0.15) is 17.5 Å². The average molecular weight is 291 g/mol. The largest absolute Gasteiger partial charge is 0.481 e. The molecule has 3 N–H and O–H groups in total. The SMILES string of the molecule is CC(C)Cn1nc(N2CCCC(C(=O)O)C2)c(C#N)c1N. The van der Waals surface area contributed by atoms with Gasteiger partial charge < -0.3 is 15.7 Å². The molecule has 1 aliphatic rings. The van der Waals surface area contributed by atoms with E-state index in [1.54, 1.807) is 4.68 Å². The molecule has 0 bridgehead atoms. The molecule has 0 saturated carbocycles. The Morgan fingerprint density at radius 1 is 1.62 bits per heavy atom. The van der Waals surface area contributed by atoms with E-state index in [4.69, 9.17) is 10.8 Å². The first-order chi connectivity index (χ1) is 9.93. The van der Waals surface area contributed by atoms with Gasteiger partial charge in [0.05, 0.1) is 5.92 Å². The predicted molar refractivity (Wildman–Crippen MR) is 78.8 cm³/mol. The second kappa shape index (κ2) is 6.04. The van der Waals surface area contributed by atoms with Gasteiger partial charge in [-0.2, -0.15) is 10.4 Å². The van der Waals surface area contributed by atoms with Gasteiger partial charge in [-0.15, -0.1) is 0 Å². The summed E-state index contributed by atoms with van der Waals surface area (Å²) in [4.78, 5) is 13.0. The number of piperidine rings is 1. The molecule has 1 saturated heterocycles. The maximum atomic E-state index is 11.2. The zero-order valence-corrected chi connectivity index (χ0v) is 12.4. The number of hydrogen-bond acceptors (Lipinski definition) is 5. The Morgan fingerprint density at radius 3 is 2.90 bits per heavy atom. The number of nitrogens with two attached hydrogens (primary N) is 1. The number of hydrogen-bond donors (Lipinski definition) is 2. The normalized spacial score (nSPS) is 18.8. The Hall–Kier alpha value is -2.23. The highest BCUT2D eigenvalue weighted by molar-refractivity contribution is 5.72. The molecular weight excluding hydrogens is 270 g/mol. The van der Waals surface area contributed by atoms with Crippen LogP contribution < -0.4 is 10.6 Å². The standard InChI is InChI=1S/C14H21N5O2/c1-9(2)7-19-12(16)11(6-15)13(17-19)18-5-3-4-10(8-18)14(20)21/h9-10H,3-5,7-8,16H2,1-2H3,(H,20,21). The maximum Gasteiger partial charge on any atom is 0.308 e. The molecule has 1 fully saturated rings. The molecule has 21 heavy (non-hydrogen) atoms. The fraction of sp³-hybridized carbons (Fsp3) is 0.643. The zero-order valence-electron chi connectivity index (χ0n) is 12.4. The first-order valence-corrected chi connectivity index (χ1v) is 7.18. The highest BCUT2D eigenvalue weighted by Gasteiger charge is 2.29. The summed E-state index contributed by atoms with van der Waals surface area (Å²) in [6.07, 6.45) is 1.44. The lowest BCUT2D eigenvalue weighted by atomic mass is 9.98. The first kappa shape index (κ1) is 15.2. The number of carbonyl (C=O) groups is 1. The van der Waals surface area contributed by atoms with Crippen molar-refractivity contribution in [3.8, 4) is 6.07 Å². The average Bonchev–Trinajstić information content (AvgIpc) is 2.75. The fourth-order valence-electron chi connectivity index (χ4n) is 2.65. The van der Waals surface area contributed by atoms with Crippen LogP contribution >= 0.6 is 0 Å². The Kier molecular flexibility index (Phi) is 4.36. The van der Waals surface area contributed by atoms with Crippen LogP contribution in [0.5, 0.6) is 0 Å². The minimum absolute atomic E-state index is 0.349. The van der Waals surface area contributed by atoms with Crippen molar-refractivity contribution in [1.29, 1.82) is 5.26 Å². The van der Waals surface area contributed by atoms with E-state index in [2.05, 4.69) is 11.2 Å². The van der Waals surface area contributed by atoms with Gasteiger partial charge in [0.25, 0.3) is 0 Å². The lowest BCUT2D eigenvalue weighted by Crippen LogP contribution is -2.39. The zero-order chi connectivity index (χ0) is 15.6. The van der Waals surface area contributed by atoms with Crippen molar-refractivity contribution in [2.45, 2.75) is 33.2 Å². The molecule has 2 heterocycles. The third-order valence-electron chi connectivity index (χ3n) is 3.69. The molecule has 1 aliphatic heterocycles. The molecule has 0 aromatic carbocycles. The second-order valence-corrected chi connectivity index (χ2v) is 5.90. The van der Waals surface area contributed by atoms with Crippen molar-refractivity contribution < 1.29 is 9.90 Å². The van der Waals surface area contributed by atoms with Crippen LogP contribution in [-0.2, 0) is 11.3 Å². The number of carboxylic acids is 1. The van der Waals surface area contributed by atoms with Crippen LogP contribution in [0.4, 0.5) is 11.6 Å². The number of nitrogens with zero attached hydrogens (tertiary/aromatic N) is 4. The van der Waals surface area contributed by atoms with Crippen molar-refractivity contribution in [3.05, 3.63) is 5.56 Å². The van der Waals surface area contributed by atoms with Gasteiger partial charge in [-0.3, -0.25) is 4.79 Å². The van der Waals surface area contributed by atoms with E-state index in [-0.39, 0.29) is 0 Å². The van der Waals surface area contributed by atoms with Gasteiger partial charge in [0.2, 0.25) is 0 Å². The van der Waals surface area contributed by atoms with Gasteiger partial charge in [-0.05, 0) is 18.8 Å². The van der Waals surface area contributed by atoms with E-state index in [1.165, 1.54) is 0 Å². The van der Waals surface area contributed by atoms with Crippen LogP contribution in [0.15, 0.2) is 0 Å². The van der Waals surface area contributed by atoms with E-state index in [0.717, 1.165) is 6.42 Å². The van der Waals surface area contributed by atoms with E-state index >= 15 is 0 Å². The number of anilines is 2. The summed E-state index contributed by atoms with van der Waals surface area (Å²) in [5.74, 6) is 0.0227. The van der Waals surface area contributed by atoms with Gasteiger partial charge in [-0.25, -0.2) is 4.68 Å². The highest BCUT2D eigenvalue weighted by atomic mass is 16.4. The topological polar surface area (TPSA) is 108 Å². The van der Waals surface area contributed by atoms with Crippen LogP contribution in [0.25, 0.3) is 0 Å². The number of aliphatic carboxylic acids is 1. The summed E-state index contributed by atoms with van der Waals surface area (Å²) in [5.41, 5.74) is 6.35. The number of aromatic nitrogens is 2. The van der Waals surface area contributed by atoms with Gasteiger partial charge >= 0.3 is 5.97 Å². The fourth-order valence-corrected chi connectivity index (χ4v) is 2.65. The molecule has 1 unspecified atom stereocenters. The molecular formula is C14H21N5O2.